The van der Waals surface area contributed by atoms with Gasteiger partial charge in [-0.05, 0) is 48.9 Å². The van der Waals surface area contributed by atoms with Crippen LogP contribution in [0.15, 0.2) is 42.5 Å². The zero-order valence-electron chi connectivity index (χ0n) is 13.0. The van der Waals surface area contributed by atoms with Crippen LogP contribution in [0.4, 0.5) is 11.4 Å². The highest BCUT2D eigenvalue weighted by atomic mass is 16.5. The number of rotatable bonds is 4. The molecule has 1 fully saturated rings. The van der Waals surface area contributed by atoms with Crippen molar-refractivity contribution in [1.82, 2.24) is 0 Å². The number of nitrogens with one attached hydrogen (secondary N) is 1. The maximum Gasteiger partial charge on any atom is 0.256 e. The predicted molar refractivity (Wildman–Crippen MR) is 89.8 cm³/mol. The van der Waals surface area contributed by atoms with Crippen LogP contribution in [0.5, 0.6) is 5.75 Å². The van der Waals surface area contributed by atoms with Gasteiger partial charge >= 0.3 is 0 Å². The van der Waals surface area contributed by atoms with Gasteiger partial charge in [-0.25, -0.2) is 0 Å². The zero-order valence-corrected chi connectivity index (χ0v) is 13.0. The lowest BCUT2D eigenvalue weighted by atomic mass is 10.1. The van der Waals surface area contributed by atoms with Crippen LogP contribution in [0.1, 0.15) is 22.3 Å². The number of carbonyl (C=O) groups is 1. The lowest BCUT2D eigenvalue weighted by Gasteiger charge is -2.13. The van der Waals surface area contributed by atoms with Gasteiger partial charge in [0.2, 0.25) is 0 Å². The highest BCUT2D eigenvalue weighted by Gasteiger charge is 2.17. The fourth-order valence-corrected chi connectivity index (χ4v) is 2.50. The molecule has 0 saturated carbocycles. The summed E-state index contributed by atoms with van der Waals surface area (Å²) in [5, 5.41) is 2.87. The first-order valence-electron chi connectivity index (χ1n) is 7.64. The van der Waals surface area contributed by atoms with Crippen LogP contribution in [0.2, 0.25) is 0 Å². The smallest absolute Gasteiger partial charge is 0.256 e. The van der Waals surface area contributed by atoms with Gasteiger partial charge in [0.05, 0.1) is 13.2 Å². The van der Waals surface area contributed by atoms with E-state index in [0.29, 0.717) is 23.5 Å². The summed E-state index contributed by atoms with van der Waals surface area (Å²) in [5.74, 6) is 0.603. The van der Waals surface area contributed by atoms with Crippen LogP contribution in [0.3, 0.4) is 0 Å². The molecule has 2 aromatic carbocycles. The first-order valence-corrected chi connectivity index (χ1v) is 7.64. The van der Waals surface area contributed by atoms with Gasteiger partial charge in [-0.3, -0.25) is 4.79 Å². The fourth-order valence-electron chi connectivity index (χ4n) is 2.50. The van der Waals surface area contributed by atoms with Crippen molar-refractivity contribution in [2.75, 3.05) is 24.3 Å². The Bertz CT molecular complexity index is 692. The maximum atomic E-state index is 12.3. The molecule has 0 radical (unpaired) electrons. The van der Waals surface area contributed by atoms with Crippen LogP contribution in [0.25, 0.3) is 0 Å². The third-order valence-electron chi connectivity index (χ3n) is 3.81. The van der Waals surface area contributed by atoms with E-state index < -0.39 is 0 Å². The van der Waals surface area contributed by atoms with E-state index in [1.807, 2.05) is 37.3 Å². The monoisotopic (exact) mass is 312 g/mol. The van der Waals surface area contributed by atoms with Gasteiger partial charge in [0.1, 0.15) is 11.9 Å². The first kappa shape index (κ1) is 15.4. The lowest BCUT2D eigenvalue weighted by molar-refractivity contribution is 0.102. The van der Waals surface area contributed by atoms with E-state index in [-0.39, 0.29) is 12.0 Å². The average molecular weight is 312 g/mol. The molecule has 1 aliphatic heterocycles. The molecule has 5 nitrogen and oxygen atoms in total. The molecule has 0 bridgehead atoms. The Hall–Kier alpha value is -2.53. The molecule has 120 valence electrons. The van der Waals surface area contributed by atoms with Crippen LogP contribution >= 0.6 is 0 Å². The van der Waals surface area contributed by atoms with Crippen molar-refractivity contribution in [3.05, 3.63) is 53.6 Å². The van der Waals surface area contributed by atoms with Gasteiger partial charge in [-0.1, -0.05) is 6.07 Å². The van der Waals surface area contributed by atoms with Gasteiger partial charge in [0, 0.05) is 23.4 Å². The van der Waals surface area contributed by atoms with E-state index in [0.717, 1.165) is 24.3 Å². The summed E-state index contributed by atoms with van der Waals surface area (Å²) in [6, 6.07) is 12.6. The summed E-state index contributed by atoms with van der Waals surface area (Å²) in [4.78, 5) is 12.3. The number of ether oxygens (including phenoxy) is 2. The highest BCUT2D eigenvalue weighted by Crippen LogP contribution is 2.21. The Balaban J connectivity index is 1.65. The standard InChI is InChI=1S/C18H20N2O3/c1-12-2-3-13(19)10-17(12)18(21)20-14-4-6-15(7-5-14)23-16-8-9-22-11-16/h2-7,10,16H,8-9,11,19H2,1H3,(H,20,21). The largest absolute Gasteiger partial charge is 0.488 e. The molecule has 1 unspecified atom stereocenters. The number of amides is 1. The third-order valence-corrected chi connectivity index (χ3v) is 3.81. The maximum absolute atomic E-state index is 12.3. The van der Waals surface area contributed by atoms with Gasteiger partial charge in [0.15, 0.2) is 0 Å². The van der Waals surface area contributed by atoms with Crippen LogP contribution in [-0.4, -0.2) is 25.2 Å². The molecule has 1 heterocycles. The second kappa shape index (κ2) is 6.71. The lowest BCUT2D eigenvalue weighted by Crippen LogP contribution is -2.16. The summed E-state index contributed by atoms with van der Waals surface area (Å²) in [5.41, 5.74) is 8.50. The Labute approximate surface area is 135 Å². The Morgan fingerprint density at radius 3 is 2.74 bits per heavy atom. The van der Waals surface area contributed by atoms with Crippen LogP contribution < -0.4 is 15.8 Å². The van der Waals surface area contributed by atoms with Crippen molar-refractivity contribution in [1.29, 1.82) is 0 Å². The van der Waals surface area contributed by atoms with Crippen molar-refractivity contribution >= 4 is 17.3 Å². The topological polar surface area (TPSA) is 73.6 Å². The Morgan fingerprint density at radius 1 is 1.26 bits per heavy atom. The SMILES string of the molecule is Cc1ccc(N)cc1C(=O)Nc1ccc(OC2CCOC2)cc1. The quantitative estimate of drug-likeness (QED) is 0.851. The van der Waals surface area contributed by atoms with E-state index in [9.17, 15) is 4.79 Å². The molecule has 5 heteroatoms. The molecule has 1 aliphatic rings. The number of anilines is 2. The number of hydrogen-bond acceptors (Lipinski definition) is 4. The predicted octanol–water partition coefficient (Wildman–Crippen LogP) is 3.00. The van der Waals surface area contributed by atoms with Gasteiger partial charge in [0.25, 0.3) is 5.91 Å². The van der Waals surface area contributed by atoms with Crippen molar-refractivity contribution in [2.24, 2.45) is 0 Å². The van der Waals surface area contributed by atoms with Gasteiger partial charge in [-0.15, -0.1) is 0 Å². The second-order valence-corrected chi connectivity index (χ2v) is 5.66. The zero-order chi connectivity index (χ0) is 16.2. The summed E-state index contributed by atoms with van der Waals surface area (Å²) in [7, 11) is 0. The second-order valence-electron chi connectivity index (χ2n) is 5.66. The van der Waals surface area contributed by atoms with Crippen LogP contribution in [0, 0.1) is 6.92 Å². The molecule has 2 aromatic rings. The summed E-state index contributed by atoms with van der Waals surface area (Å²) in [6.07, 6.45) is 1.03. The van der Waals surface area contributed by atoms with Crippen molar-refractivity contribution < 1.29 is 14.3 Å². The molecule has 3 rings (SSSR count). The van der Waals surface area contributed by atoms with E-state index in [1.165, 1.54) is 0 Å². The van der Waals surface area contributed by atoms with E-state index in [1.54, 1.807) is 12.1 Å². The molecule has 0 aromatic heterocycles. The Morgan fingerprint density at radius 2 is 2.04 bits per heavy atom. The molecular formula is C18H20N2O3. The molecule has 23 heavy (non-hydrogen) atoms. The molecule has 0 aliphatic carbocycles. The van der Waals surface area contributed by atoms with Gasteiger partial charge < -0.3 is 20.5 Å². The van der Waals surface area contributed by atoms with E-state index in [4.69, 9.17) is 15.2 Å². The average Bonchev–Trinajstić information content (AvgIpc) is 3.04. The van der Waals surface area contributed by atoms with E-state index in [2.05, 4.69) is 5.32 Å². The minimum absolute atomic E-state index is 0.116. The molecular weight excluding hydrogens is 292 g/mol. The molecule has 1 amide bonds. The van der Waals surface area contributed by atoms with Crippen molar-refractivity contribution in [2.45, 2.75) is 19.4 Å². The number of nitrogen functional groups attached to an aromatic ring is 1. The van der Waals surface area contributed by atoms with Gasteiger partial charge in [-0.2, -0.15) is 0 Å². The Kier molecular flexibility index (Phi) is 4.48. The summed E-state index contributed by atoms with van der Waals surface area (Å²) < 4.78 is 11.1. The first-order chi connectivity index (χ1) is 11.1. The minimum atomic E-state index is -0.173. The van der Waals surface area contributed by atoms with E-state index >= 15 is 0 Å². The number of benzene rings is 2. The normalized spacial score (nSPS) is 17.0. The molecule has 1 saturated heterocycles. The van der Waals surface area contributed by atoms with Crippen LogP contribution in [-0.2, 0) is 4.74 Å². The third kappa shape index (κ3) is 3.81. The number of aryl methyl sites for hydroxylation is 1. The number of carbonyl (C=O) groups excluding carboxylic acids is 1. The molecule has 1 atom stereocenters. The summed E-state index contributed by atoms with van der Waals surface area (Å²) in [6.45, 7) is 3.26. The van der Waals surface area contributed by atoms with Crippen molar-refractivity contribution in [3.63, 3.8) is 0 Å². The van der Waals surface area contributed by atoms with Crippen molar-refractivity contribution in [3.8, 4) is 5.75 Å². The molecule has 3 N–H and O–H groups in total. The minimum Gasteiger partial charge on any atom is -0.488 e. The number of hydrogen-bond donors (Lipinski definition) is 2. The number of nitrogens with two attached hydrogens (primary N) is 1. The fraction of sp³-hybridized carbons (Fsp3) is 0.278. The summed E-state index contributed by atoms with van der Waals surface area (Å²) >= 11 is 0. The highest BCUT2D eigenvalue weighted by molar-refractivity contribution is 6.05. The molecule has 0 spiro atoms.